The molecule has 1 aliphatic rings. The summed E-state index contributed by atoms with van der Waals surface area (Å²) in [5.41, 5.74) is 2.11. The van der Waals surface area contributed by atoms with Gasteiger partial charge >= 0.3 is 0 Å². The van der Waals surface area contributed by atoms with E-state index in [4.69, 9.17) is 0 Å². The Morgan fingerprint density at radius 1 is 1.03 bits per heavy atom. The van der Waals surface area contributed by atoms with Crippen molar-refractivity contribution in [3.63, 3.8) is 0 Å². The van der Waals surface area contributed by atoms with Crippen LogP contribution in [0.15, 0.2) is 48.5 Å². The first-order valence-corrected chi connectivity index (χ1v) is 11.9. The number of nitrogens with one attached hydrogen (secondary N) is 1. The van der Waals surface area contributed by atoms with Crippen LogP contribution in [0.5, 0.6) is 0 Å². The van der Waals surface area contributed by atoms with Crippen LogP contribution < -0.4 is 9.62 Å². The predicted octanol–water partition coefficient (Wildman–Crippen LogP) is 2.89. The van der Waals surface area contributed by atoms with Crippen LogP contribution in [0.3, 0.4) is 0 Å². The number of carbonyl (C=O) groups excluding carboxylic acids is 2. The maximum Gasteiger partial charge on any atom is 0.255 e. The Morgan fingerprint density at radius 3 is 2.33 bits per heavy atom. The summed E-state index contributed by atoms with van der Waals surface area (Å²) in [5.74, 6) is -0.632. The lowest BCUT2D eigenvalue weighted by molar-refractivity contribution is -0.114. The molecule has 2 amide bonds. The van der Waals surface area contributed by atoms with Crippen molar-refractivity contribution in [1.82, 2.24) is 4.90 Å². The third-order valence-electron chi connectivity index (χ3n) is 5.15. The number of anilines is 2. The van der Waals surface area contributed by atoms with Crippen molar-refractivity contribution in [2.24, 2.45) is 0 Å². The molecule has 30 heavy (non-hydrogen) atoms. The standard InChI is InChI=1S/C22H27N3O4S/c1-3-17-10-4-7-13-20(17)25(30(2,28)29)16-21(26)23-19-12-6-5-11-18(19)22(27)24-14-8-9-15-24/h4-7,10-13H,3,8-9,14-16H2,1-2H3,(H,23,26). The van der Waals surface area contributed by atoms with Crippen LogP contribution in [-0.4, -0.2) is 51.0 Å². The molecule has 1 fully saturated rings. The highest BCUT2D eigenvalue weighted by Crippen LogP contribution is 2.24. The normalized spacial score (nSPS) is 13.9. The van der Waals surface area contributed by atoms with Gasteiger partial charge in [0.1, 0.15) is 6.54 Å². The zero-order valence-electron chi connectivity index (χ0n) is 17.3. The van der Waals surface area contributed by atoms with E-state index in [1.165, 1.54) is 0 Å². The van der Waals surface area contributed by atoms with Crippen LogP contribution in [0.1, 0.15) is 35.7 Å². The highest BCUT2D eigenvalue weighted by molar-refractivity contribution is 7.92. The monoisotopic (exact) mass is 429 g/mol. The molecule has 2 aromatic rings. The van der Waals surface area contributed by atoms with Gasteiger partial charge in [-0.3, -0.25) is 13.9 Å². The van der Waals surface area contributed by atoms with E-state index >= 15 is 0 Å². The molecular formula is C22H27N3O4S. The topological polar surface area (TPSA) is 86.8 Å². The van der Waals surface area contributed by atoms with Crippen LogP contribution in [-0.2, 0) is 21.2 Å². The fourth-order valence-corrected chi connectivity index (χ4v) is 4.51. The van der Waals surface area contributed by atoms with E-state index in [0.717, 1.165) is 29.0 Å². The van der Waals surface area contributed by atoms with Gasteiger partial charge in [0.25, 0.3) is 5.91 Å². The minimum atomic E-state index is -3.68. The number of rotatable bonds is 7. The van der Waals surface area contributed by atoms with Crippen molar-refractivity contribution in [3.05, 3.63) is 59.7 Å². The molecule has 1 heterocycles. The molecule has 1 N–H and O–H groups in total. The summed E-state index contributed by atoms with van der Waals surface area (Å²) in [6.07, 6.45) is 3.66. The number of nitrogens with zero attached hydrogens (tertiary/aromatic N) is 2. The summed E-state index contributed by atoms with van der Waals surface area (Å²) in [6.45, 7) is 2.97. The van der Waals surface area contributed by atoms with Crippen molar-refractivity contribution in [2.75, 3.05) is 35.5 Å². The van der Waals surface area contributed by atoms with E-state index in [9.17, 15) is 18.0 Å². The molecule has 3 rings (SSSR count). The van der Waals surface area contributed by atoms with E-state index in [2.05, 4.69) is 5.32 Å². The van der Waals surface area contributed by atoms with Crippen LogP contribution >= 0.6 is 0 Å². The van der Waals surface area contributed by atoms with E-state index in [-0.39, 0.29) is 12.5 Å². The minimum absolute atomic E-state index is 0.125. The Balaban J connectivity index is 1.83. The molecule has 1 saturated heterocycles. The third-order valence-corrected chi connectivity index (χ3v) is 6.28. The second-order valence-corrected chi connectivity index (χ2v) is 9.25. The molecule has 0 bridgehead atoms. The van der Waals surface area contributed by atoms with Crippen molar-refractivity contribution < 1.29 is 18.0 Å². The van der Waals surface area contributed by atoms with Crippen molar-refractivity contribution in [3.8, 4) is 0 Å². The summed E-state index contributed by atoms with van der Waals surface area (Å²) >= 11 is 0. The number of aryl methyl sites for hydroxylation is 1. The lowest BCUT2D eigenvalue weighted by Gasteiger charge is -2.24. The van der Waals surface area contributed by atoms with Crippen molar-refractivity contribution >= 4 is 33.2 Å². The highest BCUT2D eigenvalue weighted by atomic mass is 32.2. The second kappa shape index (κ2) is 9.30. The summed E-state index contributed by atoms with van der Waals surface area (Å²) < 4.78 is 25.9. The van der Waals surface area contributed by atoms with Crippen molar-refractivity contribution in [2.45, 2.75) is 26.2 Å². The Kier molecular flexibility index (Phi) is 6.77. The highest BCUT2D eigenvalue weighted by Gasteiger charge is 2.25. The molecule has 0 aliphatic carbocycles. The Hall–Kier alpha value is -2.87. The molecule has 160 valence electrons. The molecule has 0 unspecified atom stereocenters. The molecule has 0 atom stereocenters. The SMILES string of the molecule is CCc1ccccc1N(CC(=O)Nc1ccccc1C(=O)N1CCCC1)S(C)(=O)=O. The maximum absolute atomic E-state index is 12.8. The van der Waals surface area contributed by atoms with E-state index < -0.39 is 15.9 Å². The number of carbonyl (C=O) groups is 2. The molecule has 0 aromatic heterocycles. The second-order valence-electron chi connectivity index (χ2n) is 7.34. The lowest BCUT2D eigenvalue weighted by Crippen LogP contribution is -2.38. The van der Waals surface area contributed by atoms with Gasteiger partial charge in [0.2, 0.25) is 15.9 Å². The molecule has 0 saturated carbocycles. The van der Waals surface area contributed by atoms with Crippen LogP contribution in [0, 0.1) is 0 Å². The number of hydrogen-bond donors (Lipinski definition) is 1. The first-order valence-electron chi connectivity index (χ1n) is 10.0. The molecule has 0 radical (unpaired) electrons. The van der Waals surface area contributed by atoms with Crippen LogP contribution in [0.2, 0.25) is 0 Å². The number of sulfonamides is 1. The van der Waals surface area contributed by atoms with E-state index in [1.807, 2.05) is 19.1 Å². The molecule has 1 aliphatic heterocycles. The van der Waals surface area contributed by atoms with Gasteiger partial charge in [-0.15, -0.1) is 0 Å². The summed E-state index contributed by atoms with van der Waals surface area (Å²) in [4.78, 5) is 27.4. The number of benzene rings is 2. The Bertz CT molecular complexity index is 1030. The Labute approximate surface area is 177 Å². The molecule has 8 heteroatoms. The minimum Gasteiger partial charge on any atom is -0.339 e. The predicted molar refractivity (Wildman–Crippen MR) is 118 cm³/mol. The summed E-state index contributed by atoms with van der Waals surface area (Å²) in [7, 11) is -3.68. The van der Waals surface area contributed by atoms with Gasteiger partial charge in [-0.25, -0.2) is 8.42 Å². The zero-order chi connectivity index (χ0) is 21.7. The lowest BCUT2D eigenvalue weighted by atomic mass is 10.1. The fraction of sp³-hybridized carbons (Fsp3) is 0.364. The quantitative estimate of drug-likeness (QED) is 0.733. The average molecular weight is 430 g/mol. The van der Waals surface area contributed by atoms with Gasteiger partial charge in [-0.05, 0) is 43.0 Å². The number of amides is 2. The van der Waals surface area contributed by atoms with Gasteiger partial charge in [-0.2, -0.15) is 0 Å². The van der Waals surface area contributed by atoms with Gasteiger partial charge < -0.3 is 10.2 Å². The summed E-state index contributed by atoms with van der Waals surface area (Å²) in [5, 5.41) is 2.73. The van der Waals surface area contributed by atoms with Crippen LogP contribution in [0.25, 0.3) is 0 Å². The third kappa shape index (κ3) is 4.99. The molecule has 0 spiro atoms. The van der Waals surface area contributed by atoms with E-state index in [0.29, 0.717) is 36.4 Å². The van der Waals surface area contributed by atoms with Gasteiger partial charge in [0.05, 0.1) is 23.2 Å². The van der Waals surface area contributed by atoms with Gasteiger partial charge in [-0.1, -0.05) is 37.3 Å². The Morgan fingerprint density at radius 2 is 1.67 bits per heavy atom. The first-order chi connectivity index (χ1) is 14.3. The van der Waals surface area contributed by atoms with Gasteiger partial charge in [0.15, 0.2) is 0 Å². The largest absolute Gasteiger partial charge is 0.339 e. The first kappa shape index (κ1) is 21.8. The van der Waals surface area contributed by atoms with E-state index in [1.54, 1.807) is 41.3 Å². The summed E-state index contributed by atoms with van der Waals surface area (Å²) in [6, 6.07) is 13.9. The molecular weight excluding hydrogens is 402 g/mol. The number of hydrogen-bond acceptors (Lipinski definition) is 4. The average Bonchev–Trinajstić information content (AvgIpc) is 3.26. The maximum atomic E-state index is 12.8. The van der Waals surface area contributed by atoms with Crippen LogP contribution in [0.4, 0.5) is 11.4 Å². The zero-order valence-corrected chi connectivity index (χ0v) is 18.1. The van der Waals surface area contributed by atoms with Gasteiger partial charge in [0, 0.05) is 13.1 Å². The van der Waals surface area contributed by atoms with Crippen molar-refractivity contribution in [1.29, 1.82) is 0 Å². The molecule has 2 aromatic carbocycles. The smallest absolute Gasteiger partial charge is 0.255 e. The molecule has 7 nitrogen and oxygen atoms in total. The number of likely N-dealkylation sites (tertiary alicyclic amines) is 1. The number of para-hydroxylation sites is 2. The fourth-order valence-electron chi connectivity index (χ4n) is 3.62.